The first-order chi connectivity index (χ1) is 16.0. The number of likely N-dealkylation sites (tertiary alicyclic amines) is 1. The molecule has 4 rings (SSSR count). The van der Waals surface area contributed by atoms with Gasteiger partial charge in [-0.25, -0.2) is 4.79 Å². The summed E-state index contributed by atoms with van der Waals surface area (Å²) in [6.07, 6.45) is 2.79. The Hall–Kier alpha value is -3.13. The maximum absolute atomic E-state index is 13.8. The summed E-state index contributed by atoms with van der Waals surface area (Å²) in [5.41, 5.74) is 2.09. The van der Waals surface area contributed by atoms with Gasteiger partial charge in [0, 0.05) is 50.9 Å². The molecule has 33 heavy (non-hydrogen) atoms. The van der Waals surface area contributed by atoms with E-state index in [1.807, 2.05) is 18.2 Å². The van der Waals surface area contributed by atoms with Gasteiger partial charge in [0.1, 0.15) is 17.4 Å². The van der Waals surface area contributed by atoms with Crippen molar-refractivity contribution in [1.82, 2.24) is 14.4 Å². The van der Waals surface area contributed by atoms with E-state index in [1.54, 1.807) is 9.47 Å². The van der Waals surface area contributed by atoms with Crippen LogP contribution in [0.2, 0.25) is 0 Å². The lowest BCUT2D eigenvalue weighted by Crippen LogP contribution is -2.49. The Balaban J connectivity index is 1.67. The van der Waals surface area contributed by atoms with Gasteiger partial charge >= 0.3 is 5.97 Å². The number of carbonyl (C=O) groups is 2. The Labute approximate surface area is 193 Å². The smallest absolute Gasteiger partial charge is 0.328 e. The van der Waals surface area contributed by atoms with Gasteiger partial charge in [0.05, 0.1) is 14.2 Å². The normalized spacial score (nSPS) is 18.8. The lowest BCUT2D eigenvalue weighted by molar-refractivity contribution is -0.147. The zero-order chi connectivity index (χ0) is 23.4. The summed E-state index contributed by atoms with van der Waals surface area (Å²) in [6.45, 7) is 3.16. The van der Waals surface area contributed by atoms with Crippen LogP contribution < -0.4 is 10.3 Å². The predicted octanol–water partition coefficient (Wildman–Crippen LogP) is 2.08. The van der Waals surface area contributed by atoms with Crippen molar-refractivity contribution < 1.29 is 19.1 Å². The summed E-state index contributed by atoms with van der Waals surface area (Å²) in [5.74, 6) is -0.417. The van der Waals surface area contributed by atoms with E-state index in [2.05, 4.69) is 17.0 Å². The molecule has 2 aliphatic rings. The van der Waals surface area contributed by atoms with Crippen LogP contribution in [-0.2, 0) is 29.0 Å². The van der Waals surface area contributed by atoms with E-state index in [0.29, 0.717) is 50.3 Å². The Morgan fingerprint density at radius 3 is 2.55 bits per heavy atom. The Kier molecular flexibility index (Phi) is 7.13. The second kappa shape index (κ2) is 10.2. The second-order valence-electron chi connectivity index (χ2n) is 8.57. The molecule has 1 atom stereocenters. The molecule has 1 fully saturated rings. The quantitative estimate of drug-likeness (QED) is 0.645. The highest BCUT2D eigenvalue weighted by atomic mass is 16.5. The fraction of sp³-hybridized carbons (Fsp3) is 0.480. The average Bonchev–Trinajstić information content (AvgIpc) is 3.06. The summed E-state index contributed by atoms with van der Waals surface area (Å²) in [4.78, 5) is 42.9. The second-order valence-corrected chi connectivity index (χ2v) is 8.57. The number of pyridine rings is 1. The summed E-state index contributed by atoms with van der Waals surface area (Å²) < 4.78 is 12.2. The van der Waals surface area contributed by atoms with Gasteiger partial charge in [-0.1, -0.05) is 30.3 Å². The van der Waals surface area contributed by atoms with E-state index in [9.17, 15) is 14.4 Å². The monoisotopic (exact) mass is 453 g/mol. The number of benzene rings is 1. The minimum absolute atomic E-state index is 0.178. The lowest BCUT2D eigenvalue weighted by Gasteiger charge is -2.34. The molecule has 2 aromatic rings. The van der Waals surface area contributed by atoms with Crippen molar-refractivity contribution in [2.24, 2.45) is 0 Å². The third kappa shape index (κ3) is 4.80. The molecule has 0 spiro atoms. The van der Waals surface area contributed by atoms with E-state index >= 15 is 0 Å². The molecule has 1 aromatic heterocycles. The van der Waals surface area contributed by atoms with Gasteiger partial charge in [0.15, 0.2) is 0 Å². The van der Waals surface area contributed by atoms with Crippen molar-refractivity contribution in [2.75, 3.05) is 33.9 Å². The van der Waals surface area contributed by atoms with Crippen molar-refractivity contribution in [1.29, 1.82) is 0 Å². The van der Waals surface area contributed by atoms with Crippen molar-refractivity contribution in [3.8, 4) is 5.75 Å². The van der Waals surface area contributed by atoms with Gasteiger partial charge in [-0.05, 0) is 24.8 Å². The van der Waals surface area contributed by atoms with Crippen LogP contribution in [0.25, 0.3) is 0 Å². The average molecular weight is 454 g/mol. The molecule has 0 bridgehead atoms. The Morgan fingerprint density at radius 1 is 1.03 bits per heavy atom. The maximum atomic E-state index is 13.8. The molecule has 0 aliphatic carbocycles. The number of ether oxygens (including phenoxy) is 2. The van der Waals surface area contributed by atoms with Gasteiger partial charge in [-0.3, -0.25) is 14.5 Å². The van der Waals surface area contributed by atoms with Gasteiger partial charge in [0.25, 0.3) is 11.5 Å². The highest BCUT2D eigenvalue weighted by Crippen LogP contribution is 2.28. The minimum atomic E-state index is -0.617. The number of aromatic nitrogens is 1. The van der Waals surface area contributed by atoms with Crippen molar-refractivity contribution in [3.05, 3.63) is 63.6 Å². The Morgan fingerprint density at radius 2 is 1.82 bits per heavy atom. The topological polar surface area (TPSA) is 81.1 Å². The number of carbonyl (C=O) groups excluding carboxylic acids is 2. The number of fused-ring (bicyclic) bond motifs is 1. The molecule has 1 saturated heterocycles. The molecule has 8 heteroatoms. The summed E-state index contributed by atoms with van der Waals surface area (Å²) >= 11 is 0. The lowest BCUT2D eigenvalue weighted by atomic mass is 9.99. The zero-order valence-corrected chi connectivity index (χ0v) is 19.3. The fourth-order valence-electron chi connectivity index (χ4n) is 4.88. The molecule has 0 saturated carbocycles. The molecule has 1 unspecified atom stereocenters. The van der Waals surface area contributed by atoms with E-state index < -0.39 is 12.0 Å². The van der Waals surface area contributed by atoms with E-state index in [1.165, 1.54) is 25.8 Å². The maximum Gasteiger partial charge on any atom is 0.328 e. The molecule has 3 heterocycles. The summed E-state index contributed by atoms with van der Waals surface area (Å²) in [5, 5.41) is 0. The van der Waals surface area contributed by atoms with Crippen LogP contribution in [-0.4, -0.2) is 66.1 Å². The van der Waals surface area contributed by atoms with E-state index in [0.717, 1.165) is 19.4 Å². The number of methoxy groups -OCH3 is 2. The van der Waals surface area contributed by atoms with Crippen LogP contribution in [0, 0.1) is 0 Å². The molecule has 0 N–H and O–H groups in total. The number of hydrogen-bond acceptors (Lipinski definition) is 6. The SMILES string of the molecule is COC(=O)C1CCCCN1C(=O)c1c(OC)cc(=O)n2c1CCN(Cc1ccccc1)CC2. The van der Waals surface area contributed by atoms with Crippen LogP contribution >= 0.6 is 0 Å². The highest BCUT2D eigenvalue weighted by Gasteiger charge is 2.36. The van der Waals surface area contributed by atoms with Crippen LogP contribution in [0.4, 0.5) is 0 Å². The number of esters is 1. The molecular weight excluding hydrogens is 422 g/mol. The van der Waals surface area contributed by atoms with Crippen LogP contribution in [0.5, 0.6) is 5.75 Å². The Bertz CT molecular complexity index is 1070. The van der Waals surface area contributed by atoms with Crippen molar-refractivity contribution in [2.45, 2.75) is 44.8 Å². The highest BCUT2D eigenvalue weighted by molar-refractivity contribution is 6.00. The third-order valence-corrected chi connectivity index (χ3v) is 6.61. The van der Waals surface area contributed by atoms with Crippen molar-refractivity contribution >= 4 is 11.9 Å². The van der Waals surface area contributed by atoms with Gasteiger partial charge in [0.2, 0.25) is 0 Å². The van der Waals surface area contributed by atoms with E-state index in [-0.39, 0.29) is 17.2 Å². The van der Waals surface area contributed by atoms with E-state index in [4.69, 9.17) is 9.47 Å². The number of hydrogen-bond donors (Lipinski definition) is 0. The first-order valence-corrected chi connectivity index (χ1v) is 11.5. The summed E-state index contributed by atoms with van der Waals surface area (Å²) in [7, 11) is 2.81. The van der Waals surface area contributed by atoms with Gasteiger partial charge in [-0.2, -0.15) is 0 Å². The molecule has 1 amide bonds. The molecule has 8 nitrogen and oxygen atoms in total. The zero-order valence-electron chi connectivity index (χ0n) is 19.3. The number of nitrogens with zero attached hydrogens (tertiary/aromatic N) is 3. The molecule has 1 aromatic carbocycles. The fourth-order valence-corrected chi connectivity index (χ4v) is 4.88. The molecule has 2 aliphatic heterocycles. The number of rotatable bonds is 5. The largest absolute Gasteiger partial charge is 0.496 e. The van der Waals surface area contributed by atoms with Crippen molar-refractivity contribution in [3.63, 3.8) is 0 Å². The number of piperidine rings is 1. The molecular formula is C25H31N3O5. The minimum Gasteiger partial charge on any atom is -0.496 e. The van der Waals surface area contributed by atoms with Crippen LogP contribution in [0.15, 0.2) is 41.2 Å². The summed E-state index contributed by atoms with van der Waals surface area (Å²) in [6, 6.07) is 11.0. The standard InChI is InChI=1S/C25H31N3O5/c1-32-21-16-22(29)27-15-14-26(17-18-8-4-3-5-9-18)13-11-19(27)23(21)24(30)28-12-7-6-10-20(28)25(31)33-2/h3-5,8-9,16,20H,6-7,10-15,17H2,1-2H3. The first kappa shape index (κ1) is 23.0. The first-order valence-electron chi connectivity index (χ1n) is 11.5. The molecule has 0 radical (unpaired) electrons. The van der Waals surface area contributed by atoms with Crippen LogP contribution in [0.1, 0.15) is 40.9 Å². The van der Waals surface area contributed by atoms with Crippen LogP contribution in [0.3, 0.4) is 0 Å². The third-order valence-electron chi connectivity index (χ3n) is 6.61. The van der Waals surface area contributed by atoms with Gasteiger partial charge < -0.3 is 18.9 Å². The number of amides is 1. The molecule has 176 valence electrons. The predicted molar refractivity (Wildman–Crippen MR) is 123 cm³/mol. The van der Waals surface area contributed by atoms with Gasteiger partial charge in [-0.15, -0.1) is 0 Å².